The van der Waals surface area contributed by atoms with Crippen molar-refractivity contribution in [1.82, 2.24) is 4.90 Å². The fourth-order valence-electron chi connectivity index (χ4n) is 2.36. The van der Waals surface area contributed by atoms with E-state index in [0.29, 0.717) is 0 Å². The Hall–Kier alpha value is -1.00. The molecule has 0 saturated heterocycles. The van der Waals surface area contributed by atoms with Crippen molar-refractivity contribution in [3.8, 4) is 0 Å². The lowest BCUT2D eigenvalue weighted by molar-refractivity contribution is -0.143. The quantitative estimate of drug-likeness (QED) is 0.889. The van der Waals surface area contributed by atoms with Crippen molar-refractivity contribution in [3.05, 3.63) is 35.4 Å². The first-order chi connectivity index (χ1) is 8.24. The molecule has 0 radical (unpaired) electrons. The molecule has 92 valence electrons. The van der Waals surface area contributed by atoms with E-state index in [1.54, 1.807) is 11.8 Å². The molecule has 1 aromatic rings. The highest BCUT2D eigenvalue weighted by atomic mass is 32.2. The number of benzene rings is 1. The largest absolute Gasteiger partial charge is 0.480 e. The molecule has 1 unspecified atom stereocenters. The van der Waals surface area contributed by atoms with Crippen LogP contribution >= 0.6 is 11.8 Å². The van der Waals surface area contributed by atoms with E-state index in [1.807, 2.05) is 30.5 Å². The molecule has 0 spiro atoms. The van der Waals surface area contributed by atoms with E-state index in [9.17, 15) is 9.90 Å². The zero-order valence-electron chi connectivity index (χ0n) is 9.93. The van der Waals surface area contributed by atoms with Crippen LogP contribution < -0.4 is 0 Å². The van der Waals surface area contributed by atoms with Crippen LogP contribution in [0.25, 0.3) is 0 Å². The van der Waals surface area contributed by atoms with Gasteiger partial charge < -0.3 is 5.11 Å². The number of hydrogen-bond acceptors (Lipinski definition) is 3. The lowest BCUT2D eigenvalue weighted by Gasteiger charge is -2.34. The predicted molar refractivity (Wildman–Crippen MR) is 70.5 cm³/mol. The fraction of sp³-hybridized carbons (Fsp3) is 0.462. The maximum atomic E-state index is 11.4. The van der Waals surface area contributed by atoms with Crippen molar-refractivity contribution in [1.29, 1.82) is 0 Å². The summed E-state index contributed by atoms with van der Waals surface area (Å²) in [4.78, 5) is 13.5. The van der Waals surface area contributed by atoms with Crippen molar-refractivity contribution in [2.75, 3.05) is 25.1 Å². The van der Waals surface area contributed by atoms with Gasteiger partial charge in [-0.15, -0.1) is 0 Å². The van der Waals surface area contributed by atoms with Gasteiger partial charge in [-0.3, -0.25) is 9.69 Å². The molecule has 1 aromatic carbocycles. The Morgan fingerprint density at radius 1 is 1.53 bits per heavy atom. The third-order valence-corrected chi connectivity index (χ3v) is 3.79. The summed E-state index contributed by atoms with van der Waals surface area (Å²) >= 11 is 1.76. The second kappa shape index (κ2) is 5.56. The first-order valence-corrected chi connectivity index (χ1v) is 7.17. The van der Waals surface area contributed by atoms with Crippen molar-refractivity contribution < 1.29 is 9.90 Å². The number of nitrogens with zero attached hydrogens (tertiary/aromatic N) is 1. The van der Waals surface area contributed by atoms with Gasteiger partial charge in [0.2, 0.25) is 0 Å². The molecule has 1 aliphatic rings. The third kappa shape index (κ3) is 2.64. The molecule has 1 atom stereocenters. The van der Waals surface area contributed by atoms with Gasteiger partial charge in [-0.1, -0.05) is 24.3 Å². The topological polar surface area (TPSA) is 40.5 Å². The van der Waals surface area contributed by atoms with Gasteiger partial charge in [0.15, 0.2) is 0 Å². The molecule has 0 amide bonds. The Kier molecular flexibility index (Phi) is 4.07. The Morgan fingerprint density at radius 2 is 2.29 bits per heavy atom. The van der Waals surface area contributed by atoms with E-state index < -0.39 is 12.0 Å². The van der Waals surface area contributed by atoms with E-state index >= 15 is 0 Å². The molecule has 1 aliphatic heterocycles. The number of carbonyl (C=O) groups is 1. The van der Waals surface area contributed by atoms with Crippen LogP contribution in [0.2, 0.25) is 0 Å². The van der Waals surface area contributed by atoms with E-state index in [2.05, 4.69) is 4.90 Å². The van der Waals surface area contributed by atoms with Crippen LogP contribution in [-0.4, -0.2) is 41.1 Å². The average molecular weight is 251 g/mol. The molecule has 4 heteroatoms. The Bertz CT molecular complexity index is 408. The summed E-state index contributed by atoms with van der Waals surface area (Å²) in [6.07, 6.45) is 3.00. The molecule has 2 rings (SSSR count). The third-order valence-electron chi connectivity index (χ3n) is 3.20. The van der Waals surface area contributed by atoms with Gasteiger partial charge in [0.05, 0.1) is 0 Å². The average Bonchev–Trinajstić information content (AvgIpc) is 2.35. The normalized spacial score (nSPS) is 19.9. The second-order valence-electron chi connectivity index (χ2n) is 4.22. The van der Waals surface area contributed by atoms with Crippen LogP contribution in [0, 0.1) is 0 Å². The van der Waals surface area contributed by atoms with Gasteiger partial charge >= 0.3 is 5.97 Å². The zero-order chi connectivity index (χ0) is 12.3. The number of rotatable bonds is 4. The van der Waals surface area contributed by atoms with E-state index in [-0.39, 0.29) is 0 Å². The van der Waals surface area contributed by atoms with Crippen LogP contribution in [0.15, 0.2) is 24.3 Å². The van der Waals surface area contributed by atoms with Gasteiger partial charge in [0.25, 0.3) is 0 Å². The minimum Gasteiger partial charge on any atom is -0.480 e. The number of fused-ring (bicyclic) bond motifs is 1. The summed E-state index contributed by atoms with van der Waals surface area (Å²) in [7, 11) is 0. The highest BCUT2D eigenvalue weighted by Gasteiger charge is 2.31. The van der Waals surface area contributed by atoms with E-state index in [4.69, 9.17) is 0 Å². The highest BCUT2D eigenvalue weighted by Crippen LogP contribution is 2.29. The molecule has 1 heterocycles. The molecule has 0 aliphatic carbocycles. The van der Waals surface area contributed by atoms with Crippen molar-refractivity contribution in [2.45, 2.75) is 12.5 Å². The van der Waals surface area contributed by atoms with Gasteiger partial charge in [-0.25, -0.2) is 0 Å². The molecule has 17 heavy (non-hydrogen) atoms. The maximum absolute atomic E-state index is 11.4. The molecule has 1 N–H and O–H groups in total. The van der Waals surface area contributed by atoms with Crippen LogP contribution in [0.3, 0.4) is 0 Å². The Labute approximate surface area is 106 Å². The minimum atomic E-state index is -0.738. The SMILES string of the molecule is CSCCN1CCc2ccccc2C1C(=O)O. The summed E-state index contributed by atoms with van der Waals surface area (Å²) in [6.45, 7) is 1.68. The number of carboxylic acid groups (broad SMARTS) is 1. The summed E-state index contributed by atoms with van der Waals surface area (Å²) in [5.74, 6) is 0.240. The van der Waals surface area contributed by atoms with Crippen molar-refractivity contribution >= 4 is 17.7 Å². The van der Waals surface area contributed by atoms with Crippen LogP contribution in [0.4, 0.5) is 0 Å². The molecule has 0 fully saturated rings. The van der Waals surface area contributed by atoms with E-state index in [1.165, 1.54) is 5.56 Å². The molecule has 3 nitrogen and oxygen atoms in total. The van der Waals surface area contributed by atoms with Crippen LogP contribution in [0.1, 0.15) is 17.2 Å². The van der Waals surface area contributed by atoms with Crippen LogP contribution in [0.5, 0.6) is 0 Å². The lowest BCUT2D eigenvalue weighted by Crippen LogP contribution is -2.40. The fourth-order valence-corrected chi connectivity index (χ4v) is 2.77. The standard InChI is InChI=1S/C13H17NO2S/c1-17-9-8-14-7-6-10-4-2-3-5-11(10)12(14)13(15)16/h2-5,12H,6-9H2,1H3,(H,15,16). The summed E-state index contributed by atoms with van der Waals surface area (Å²) < 4.78 is 0. The van der Waals surface area contributed by atoms with Gasteiger partial charge in [-0.2, -0.15) is 11.8 Å². The van der Waals surface area contributed by atoms with E-state index in [0.717, 1.165) is 30.8 Å². The number of carboxylic acids is 1. The Balaban J connectivity index is 2.26. The highest BCUT2D eigenvalue weighted by molar-refractivity contribution is 7.98. The molecule has 0 aromatic heterocycles. The molecule has 0 bridgehead atoms. The summed E-state index contributed by atoms with van der Waals surface area (Å²) in [5, 5.41) is 9.41. The number of aliphatic carboxylic acids is 1. The minimum absolute atomic E-state index is 0.466. The number of thioether (sulfide) groups is 1. The van der Waals surface area contributed by atoms with Gasteiger partial charge in [0, 0.05) is 18.8 Å². The van der Waals surface area contributed by atoms with Crippen molar-refractivity contribution in [2.24, 2.45) is 0 Å². The lowest BCUT2D eigenvalue weighted by atomic mass is 9.93. The summed E-state index contributed by atoms with van der Waals surface area (Å²) in [5.41, 5.74) is 2.15. The zero-order valence-corrected chi connectivity index (χ0v) is 10.7. The number of hydrogen-bond donors (Lipinski definition) is 1. The smallest absolute Gasteiger partial charge is 0.325 e. The molecular weight excluding hydrogens is 234 g/mol. The Morgan fingerprint density at radius 3 is 3.00 bits per heavy atom. The molecular formula is C13H17NO2S. The van der Waals surface area contributed by atoms with Gasteiger partial charge in [0.1, 0.15) is 6.04 Å². The monoisotopic (exact) mass is 251 g/mol. The predicted octanol–water partition coefficient (Wildman–Crippen LogP) is 2.03. The first-order valence-electron chi connectivity index (χ1n) is 5.77. The van der Waals surface area contributed by atoms with Gasteiger partial charge in [-0.05, 0) is 23.8 Å². The van der Waals surface area contributed by atoms with Crippen molar-refractivity contribution in [3.63, 3.8) is 0 Å². The van der Waals surface area contributed by atoms with Crippen LogP contribution in [-0.2, 0) is 11.2 Å². The maximum Gasteiger partial charge on any atom is 0.325 e. The first kappa shape index (κ1) is 12.5. The second-order valence-corrected chi connectivity index (χ2v) is 5.20. The molecule has 0 saturated carbocycles. The summed E-state index contributed by atoms with van der Waals surface area (Å²) in [6, 6.07) is 7.42.